The van der Waals surface area contributed by atoms with Crippen LogP contribution >= 0.6 is 22.9 Å². The summed E-state index contributed by atoms with van der Waals surface area (Å²) in [5.74, 6) is 0. The Balaban J connectivity index is 2.04. The summed E-state index contributed by atoms with van der Waals surface area (Å²) in [4.78, 5) is 3.59. The summed E-state index contributed by atoms with van der Waals surface area (Å²) in [7, 11) is 2.07. The van der Waals surface area contributed by atoms with Crippen LogP contribution in [0, 0.1) is 0 Å². The Hall–Kier alpha value is -1.03. The predicted molar refractivity (Wildman–Crippen MR) is 85.3 cm³/mol. The molecule has 102 valence electrons. The fourth-order valence-electron chi connectivity index (χ4n) is 1.97. The molecule has 0 bridgehead atoms. The highest BCUT2D eigenvalue weighted by molar-refractivity contribution is 7.09. The Labute approximate surface area is 123 Å². The number of rotatable bonds is 5. The Morgan fingerprint density at radius 1 is 1.37 bits per heavy atom. The molecule has 2 N–H and O–H groups in total. The third-order valence-electron chi connectivity index (χ3n) is 3.18. The van der Waals surface area contributed by atoms with Crippen molar-refractivity contribution in [3.05, 3.63) is 51.2 Å². The van der Waals surface area contributed by atoms with Crippen LogP contribution in [0.15, 0.2) is 35.7 Å². The molecule has 2 nitrogen and oxygen atoms in total. The summed E-state index contributed by atoms with van der Waals surface area (Å²) >= 11 is 8.13. The average Bonchev–Trinajstić information content (AvgIpc) is 2.88. The van der Waals surface area contributed by atoms with Gasteiger partial charge in [-0.2, -0.15) is 0 Å². The Morgan fingerprint density at radius 3 is 2.74 bits per heavy atom. The number of nitrogens with two attached hydrogens (primary N) is 1. The number of likely N-dealkylation sites (N-methyl/N-ethyl adjacent to an activating group) is 1. The molecule has 0 aliphatic heterocycles. The van der Waals surface area contributed by atoms with Gasteiger partial charge in [-0.15, -0.1) is 11.3 Å². The van der Waals surface area contributed by atoms with Gasteiger partial charge < -0.3 is 10.6 Å². The predicted octanol–water partition coefficient (Wildman–Crippen LogP) is 4.10. The number of hydrogen-bond acceptors (Lipinski definition) is 3. The standard InChI is InChI=1S/C15H19ClN2S/c1-11(17)12-5-6-15(14(16)10-12)18(2)8-7-13-4-3-9-19-13/h3-6,9-11H,7-8,17H2,1-2H3. The monoisotopic (exact) mass is 294 g/mol. The molecule has 0 spiro atoms. The summed E-state index contributed by atoms with van der Waals surface area (Å²) in [6, 6.07) is 10.3. The highest BCUT2D eigenvalue weighted by Gasteiger charge is 2.09. The fourth-order valence-corrected chi connectivity index (χ4v) is 3.00. The minimum Gasteiger partial charge on any atom is -0.373 e. The van der Waals surface area contributed by atoms with Crippen LogP contribution in [0.5, 0.6) is 0 Å². The third kappa shape index (κ3) is 3.72. The smallest absolute Gasteiger partial charge is 0.0642 e. The highest BCUT2D eigenvalue weighted by Crippen LogP contribution is 2.28. The molecule has 2 rings (SSSR count). The lowest BCUT2D eigenvalue weighted by atomic mass is 10.1. The summed E-state index contributed by atoms with van der Waals surface area (Å²) in [6.07, 6.45) is 1.04. The van der Waals surface area contributed by atoms with Gasteiger partial charge >= 0.3 is 0 Å². The van der Waals surface area contributed by atoms with E-state index in [4.69, 9.17) is 17.3 Å². The molecule has 4 heteroatoms. The molecule has 1 aromatic carbocycles. The molecule has 0 saturated carbocycles. The lowest BCUT2D eigenvalue weighted by Gasteiger charge is -2.21. The van der Waals surface area contributed by atoms with Crippen LogP contribution in [-0.4, -0.2) is 13.6 Å². The topological polar surface area (TPSA) is 29.3 Å². The van der Waals surface area contributed by atoms with Crippen molar-refractivity contribution in [2.75, 3.05) is 18.5 Å². The Kier molecular flexibility index (Phi) is 4.86. The number of hydrogen-bond donors (Lipinski definition) is 1. The van der Waals surface area contributed by atoms with Gasteiger partial charge in [-0.05, 0) is 42.5 Å². The second-order valence-corrected chi connectivity index (χ2v) is 6.19. The average molecular weight is 295 g/mol. The quantitative estimate of drug-likeness (QED) is 0.899. The molecule has 0 radical (unpaired) electrons. The third-order valence-corrected chi connectivity index (χ3v) is 4.42. The van der Waals surface area contributed by atoms with Crippen molar-refractivity contribution in [2.24, 2.45) is 5.73 Å². The zero-order valence-corrected chi connectivity index (χ0v) is 12.8. The van der Waals surface area contributed by atoms with E-state index in [1.807, 2.05) is 19.1 Å². The van der Waals surface area contributed by atoms with Crippen LogP contribution in [0.2, 0.25) is 5.02 Å². The van der Waals surface area contributed by atoms with Crippen molar-refractivity contribution >= 4 is 28.6 Å². The molecule has 1 atom stereocenters. The maximum atomic E-state index is 6.33. The zero-order valence-electron chi connectivity index (χ0n) is 11.3. The minimum atomic E-state index is 0.0166. The molecule has 0 aliphatic carbocycles. The minimum absolute atomic E-state index is 0.0166. The van der Waals surface area contributed by atoms with E-state index in [-0.39, 0.29) is 6.04 Å². The molecule has 1 unspecified atom stereocenters. The zero-order chi connectivity index (χ0) is 13.8. The first-order valence-corrected chi connectivity index (χ1v) is 7.62. The van der Waals surface area contributed by atoms with Crippen molar-refractivity contribution < 1.29 is 0 Å². The van der Waals surface area contributed by atoms with Crippen molar-refractivity contribution in [1.82, 2.24) is 0 Å². The number of halogens is 1. The fraction of sp³-hybridized carbons (Fsp3) is 0.333. The van der Waals surface area contributed by atoms with Gasteiger partial charge in [0.2, 0.25) is 0 Å². The molecule has 0 aliphatic rings. The summed E-state index contributed by atoms with van der Waals surface area (Å²) in [5, 5.41) is 2.88. The van der Waals surface area contributed by atoms with Gasteiger partial charge in [0, 0.05) is 24.5 Å². The van der Waals surface area contributed by atoms with E-state index in [0.717, 1.165) is 29.2 Å². The van der Waals surface area contributed by atoms with E-state index < -0.39 is 0 Å². The van der Waals surface area contributed by atoms with E-state index in [1.165, 1.54) is 4.88 Å². The van der Waals surface area contributed by atoms with E-state index in [2.05, 4.69) is 35.5 Å². The van der Waals surface area contributed by atoms with E-state index >= 15 is 0 Å². The first-order valence-electron chi connectivity index (χ1n) is 6.36. The molecular weight excluding hydrogens is 276 g/mol. The van der Waals surface area contributed by atoms with Gasteiger partial charge in [0.05, 0.1) is 10.7 Å². The molecule has 19 heavy (non-hydrogen) atoms. The SMILES string of the molecule is CC(N)c1ccc(N(C)CCc2cccs2)c(Cl)c1. The first kappa shape index (κ1) is 14.4. The van der Waals surface area contributed by atoms with Crippen molar-refractivity contribution in [1.29, 1.82) is 0 Å². The number of benzene rings is 1. The van der Waals surface area contributed by atoms with Gasteiger partial charge in [0.25, 0.3) is 0 Å². The van der Waals surface area contributed by atoms with Crippen molar-refractivity contribution in [3.63, 3.8) is 0 Å². The van der Waals surface area contributed by atoms with Crippen LogP contribution in [0.3, 0.4) is 0 Å². The lowest BCUT2D eigenvalue weighted by Crippen LogP contribution is -2.20. The summed E-state index contributed by atoms with van der Waals surface area (Å²) in [5.41, 5.74) is 7.99. The number of nitrogens with zero attached hydrogens (tertiary/aromatic N) is 1. The molecule has 1 heterocycles. The normalized spacial score (nSPS) is 12.4. The summed E-state index contributed by atoms with van der Waals surface area (Å²) in [6.45, 7) is 2.92. The molecule has 0 fully saturated rings. The van der Waals surface area contributed by atoms with Gasteiger partial charge in [0.15, 0.2) is 0 Å². The van der Waals surface area contributed by atoms with Crippen LogP contribution in [0.1, 0.15) is 23.4 Å². The van der Waals surface area contributed by atoms with E-state index in [9.17, 15) is 0 Å². The Bertz CT molecular complexity index is 523. The van der Waals surface area contributed by atoms with E-state index in [0.29, 0.717) is 0 Å². The van der Waals surface area contributed by atoms with Crippen LogP contribution in [0.4, 0.5) is 5.69 Å². The molecule has 2 aromatic rings. The molecule has 0 saturated heterocycles. The highest BCUT2D eigenvalue weighted by atomic mass is 35.5. The number of anilines is 1. The second kappa shape index (κ2) is 6.42. The van der Waals surface area contributed by atoms with Gasteiger partial charge in [0.1, 0.15) is 0 Å². The van der Waals surface area contributed by atoms with Crippen molar-refractivity contribution in [3.8, 4) is 0 Å². The van der Waals surface area contributed by atoms with Crippen LogP contribution in [-0.2, 0) is 6.42 Å². The van der Waals surface area contributed by atoms with E-state index in [1.54, 1.807) is 11.3 Å². The van der Waals surface area contributed by atoms with Gasteiger partial charge in [-0.3, -0.25) is 0 Å². The molecule has 1 aromatic heterocycles. The lowest BCUT2D eigenvalue weighted by molar-refractivity contribution is 0.816. The molecular formula is C15H19ClN2S. The largest absolute Gasteiger partial charge is 0.373 e. The maximum Gasteiger partial charge on any atom is 0.0642 e. The van der Waals surface area contributed by atoms with Crippen LogP contribution < -0.4 is 10.6 Å². The van der Waals surface area contributed by atoms with Gasteiger partial charge in [-0.25, -0.2) is 0 Å². The number of thiophene rings is 1. The second-order valence-electron chi connectivity index (χ2n) is 4.75. The van der Waals surface area contributed by atoms with Gasteiger partial charge in [-0.1, -0.05) is 23.7 Å². The Morgan fingerprint density at radius 2 is 2.16 bits per heavy atom. The molecule has 0 amide bonds. The maximum absolute atomic E-state index is 6.33. The summed E-state index contributed by atoms with van der Waals surface area (Å²) < 4.78 is 0. The first-order chi connectivity index (χ1) is 9.08. The van der Waals surface area contributed by atoms with Crippen LogP contribution in [0.25, 0.3) is 0 Å². The van der Waals surface area contributed by atoms with Crippen molar-refractivity contribution in [2.45, 2.75) is 19.4 Å².